The summed E-state index contributed by atoms with van der Waals surface area (Å²) >= 11 is 1.32. The van der Waals surface area contributed by atoms with Gasteiger partial charge in [-0.1, -0.05) is 48.2 Å². The van der Waals surface area contributed by atoms with Crippen molar-refractivity contribution < 1.29 is 9.18 Å². The van der Waals surface area contributed by atoms with Crippen LogP contribution in [0.1, 0.15) is 11.6 Å². The first-order chi connectivity index (χ1) is 13.5. The van der Waals surface area contributed by atoms with Crippen LogP contribution in [0.5, 0.6) is 0 Å². The van der Waals surface area contributed by atoms with Crippen molar-refractivity contribution in [1.82, 2.24) is 19.8 Å². The lowest BCUT2D eigenvalue weighted by atomic mass is 10.1. The molecule has 3 aromatic rings. The number of carbonyl (C=O) groups excluding carboxylic acids is 1. The molecule has 0 unspecified atom stereocenters. The fourth-order valence-electron chi connectivity index (χ4n) is 2.88. The van der Waals surface area contributed by atoms with Gasteiger partial charge in [0.1, 0.15) is 5.82 Å². The van der Waals surface area contributed by atoms with Crippen LogP contribution >= 0.6 is 11.8 Å². The second-order valence-corrected chi connectivity index (χ2v) is 7.49. The van der Waals surface area contributed by atoms with Crippen LogP contribution in [0, 0.1) is 5.82 Å². The van der Waals surface area contributed by atoms with Crippen LogP contribution in [0.2, 0.25) is 0 Å². The normalized spacial score (nSPS) is 12.1. The number of thioether (sulfide) groups is 1. The van der Waals surface area contributed by atoms with E-state index in [9.17, 15) is 9.18 Å². The lowest BCUT2D eigenvalue weighted by Gasteiger charge is -2.25. The highest BCUT2D eigenvalue weighted by Gasteiger charge is 2.15. The first kappa shape index (κ1) is 20.1. The number of imidazole rings is 1. The SMILES string of the molecule is CN(C)[C@@H](CNC(=O)CSc1nccn1-c1cccc(F)c1)c1ccccc1. The van der Waals surface area contributed by atoms with Crippen molar-refractivity contribution in [3.8, 4) is 5.69 Å². The quantitative estimate of drug-likeness (QED) is 0.590. The summed E-state index contributed by atoms with van der Waals surface area (Å²) in [5, 5.41) is 3.64. The summed E-state index contributed by atoms with van der Waals surface area (Å²) in [4.78, 5) is 18.7. The fourth-order valence-corrected chi connectivity index (χ4v) is 3.69. The van der Waals surface area contributed by atoms with Gasteiger partial charge in [-0.2, -0.15) is 0 Å². The molecule has 0 aliphatic heterocycles. The third-order valence-electron chi connectivity index (χ3n) is 4.33. The molecular weight excluding hydrogens is 375 g/mol. The third-order valence-corrected chi connectivity index (χ3v) is 5.29. The van der Waals surface area contributed by atoms with Gasteiger partial charge in [0, 0.05) is 18.9 Å². The molecule has 3 rings (SSSR count). The van der Waals surface area contributed by atoms with Gasteiger partial charge in [0.2, 0.25) is 5.91 Å². The van der Waals surface area contributed by atoms with Crippen LogP contribution in [0.4, 0.5) is 4.39 Å². The summed E-state index contributed by atoms with van der Waals surface area (Å²) in [6.07, 6.45) is 3.40. The van der Waals surface area contributed by atoms with Crippen molar-refractivity contribution >= 4 is 17.7 Å². The van der Waals surface area contributed by atoms with Crippen LogP contribution in [-0.2, 0) is 4.79 Å². The Hall–Kier alpha value is -2.64. The topological polar surface area (TPSA) is 50.2 Å². The summed E-state index contributed by atoms with van der Waals surface area (Å²) in [6, 6.07) is 16.5. The molecule has 1 amide bonds. The third kappa shape index (κ3) is 5.21. The number of aromatic nitrogens is 2. The lowest BCUT2D eigenvalue weighted by molar-refractivity contribution is -0.118. The maximum atomic E-state index is 13.5. The number of likely N-dealkylation sites (N-methyl/N-ethyl adjacent to an activating group) is 1. The van der Waals surface area contributed by atoms with Crippen molar-refractivity contribution in [3.63, 3.8) is 0 Å². The van der Waals surface area contributed by atoms with Crippen molar-refractivity contribution in [2.75, 3.05) is 26.4 Å². The van der Waals surface area contributed by atoms with Gasteiger partial charge in [-0.15, -0.1) is 0 Å². The van der Waals surface area contributed by atoms with E-state index in [1.165, 1.54) is 23.9 Å². The van der Waals surface area contributed by atoms with Crippen LogP contribution < -0.4 is 5.32 Å². The Bertz CT molecular complexity index is 914. The standard InChI is InChI=1S/C21H23FN4OS/c1-25(2)19(16-7-4-3-5-8-16)14-24-20(27)15-28-21-23-11-12-26(21)18-10-6-9-17(22)13-18/h3-13,19H,14-15H2,1-2H3,(H,24,27)/t19-/m0/s1. The highest BCUT2D eigenvalue weighted by atomic mass is 32.2. The molecule has 0 bridgehead atoms. The van der Waals surface area contributed by atoms with Gasteiger partial charge in [-0.3, -0.25) is 9.36 Å². The fraction of sp³-hybridized carbons (Fsp3) is 0.238. The molecule has 0 saturated heterocycles. The molecule has 1 atom stereocenters. The highest BCUT2D eigenvalue weighted by molar-refractivity contribution is 7.99. The molecule has 146 valence electrons. The number of nitrogens with one attached hydrogen (secondary N) is 1. The molecule has 0 radical (unpaired) electrons. The minimum Gasteiger partial charge on any atom is -0.353 e. The van der Waals surface area contributed by atoms with Crippen LogP contribution in [0.25, 0.3) is 5.69 Å². The molecule has 0 saturated carbocycles. The van der Waals surface area contributed by atoms with E-state index < -0.39 is 0 Å². The van der Waals surface area contributed by atoms with Crippen molar-refractivity contribution in [2.45, 2.75) is 11.2 Å². The lowest BCUT2D eigenvalue weighted by Crippen LogP contribution is -2.35. The number of rotatable bonds is 8. The van der Waals surface area contributed by atoms with E-state index in [0.29, 0.717) is 17.4 Å². The molecule has 1 N–H and O–H groups in total. The van der Waals surface area contributed by atoms with Gasteiger partial charge >= 0.3 is 0 Å². The first-order valence-electron chi connectivity index (χ1n) is 8.95. The van der Waals surface area contributed by atoms with E-state index in [4.69, 9.17) is 0 Å². The summed E-state index contributed by atoms with van der Waals surface area (Å²) in [6.45, 7) is 0.523. The van der Waals surface area contributed by atoms with E-state index in [-0.39, 0.29) is 23.5 Å². The minimum absolute atomic E-state index is 0.0680. The van der Waals surface area contributed by atoms with Crippen LogP contribution in [-0.4, -0.2) is 46.8 Å². The Labute approximate surface area is 168 Å². The largest absolute Gasteiger partial charge is 0.353 e. The molecule has 2 aromatic carbocycles. The zero-order valence-electron chi connectivity index (χ0n) is 15.9. The number of amides is 1. The molecule has 7 heteroatoms. The van der Waals surface area contributed by atoms with Gasteiger partial charge in [0.15, 0.2) is 5.16 Å². The molecule has 28 heavy (non-hydrogen) atoms. The minimum atomic E-state index is -0.310. The van der Waals surface area contributed by atoms with Gasteiger partial charge in [0.25, 0.3) is 0 Å². The molecule has 5 nitrogen and oxygen atoms in total. The first-order valence-corrected chi connectivity index (χ1v) is 9.93. The Morgan fingerprint density at radius 2 is 2.00 bits per heavy atom. The van der Waals surface area contributed by atoms with Crippen LogP contribution in [0.15, 0.2) is 72.1 Å². The predicted octanol–water partition coefficient (Wildman–Crippen LogP) is 3.52. The van der Waals surface area contributed by atoms with Crippen molar-refractivity contribution in [2.24, 2.45) is 0 Å². The number of halogens is 1. The number of nitrogens with zero attached hydrogens (tertiary/aromatic N) is 3. The Morgan fingerprint density at radius 3 is 2.71 bits per heavy atom. The highest BCUT2D eigenvalue weighted by Crippen LogP contribution is 2.21. The van der Waals surface area contributed by atoms with E-state index in [1.807, 2.05) is 32.3 Å². The molecule has 1 aromatic heterocycles. The average molecular weight is 399 g/mol. The monoisotopic (exact) mass is 398 g/mol. The molecule has 0 spiro atoms. The maximum Gasteiger partial charge on any atom is 0.230 e. The number of hydrogen-bond donors (Lipinski definition) is 1. The van der Waals surface area contributed by atoms with Crippen molar-refractivity contribution in [1.29, 1.82) is 0 Å². The summed E-state index contributed by atoms with van der Waals surface area (Å²) in [5.41, 5.74) is 1.83. The Morgan fingerprint density at radius 1 is 1.21 bits per heavy atom. The predicted molar refractivity (Wildman–Crippen MR) is 110 cm³/mol. The van der Waals surface area contributed by atoms with E-state index in [1.54, 1.807) is 29.1 Å². The zero-order chi connectivity index (χ0) is 19.9. The second kappa shape index (κ2) is 9.52. The van der Waals surface area contributed by atoms with Gasteiger partial charge in [0.05, 0.1) is 17.5 Å². The average Bonchev–Trinajstić information content (AvgIpc) is 3.16. The number of hydrogen-bond acceptors (Lipinski definition) is 4. The van der Waals surface area contributed by atoms with Gasteiger partial charge in [-0.25, -0.2) is 9.37 Å². The second-order valence-electron chi connectivity index (χ2n) is 6.54. The Kier molecular flexibility index (Phi) is 6.84. The smallest absolute Gasteiger partial charge is 0.230 e. The molecule has 0 aliphatic rings. The maximum absolute atomic E-state index is 13.5. The molecule has 1 heterocycles. The van der Waals surface area contributed by atoms with E-state index in [2.05, 4.69) is 27.3 Å². The summed E-state index contributed by atoms with van der Waals surface area (Å²) < 4.78 is 15.2. The van der Waals surface area contributed by atoms with E-state index in [0.717, 1.165) is 5.56 Å². The number of carbonyl (C=O) groups is 1. The number of benzene rings is 2. The summed E-state index contributed by atoms with van der Waals surface area (Å²) in [5.74, 6) is -0.140. The van der Waals surface area contributed by atoms with Gasteiger partial charge in [-0.05, 0) is 37.9 Å². The zero-order valence-corrected chi connectivity index (χ0v) is 16.7. The van der Waals surface area contributed by atoms with Crippen molar-refractivity contribution in [3.05, 3.63) is 78.4 Å². The Balaban J connectivity index is 1.57. The summed E-state index contributed by atoms with van der Waals surface area (Å²) in [7, 11) is 3.99. The van der Waals surface area contributed by atoms with Crippen LogP contribution in [0.3, 0.4) is 0 Å². The molecular formula is C21H23FN4OS. The molecule has 0 fully saturated rings. The molecule has 0 aliphatic carbocycles. The van der Waals surface area contributed by atoms with Gasteiger partial charge < -0.3 is 10.2 Å². The van der Waals surface area contributed by atoms with E-state index >= 15 is 0 Å².